The van der Waals surface area contributed by atoms with Gasteiger partial charge in [0.05, 0.1) is 13.2 Å². The van der Waals surface area contributed by atoms with Crippen molar-refractivity contribution in [3.63, 3.8) is 0 Å². The Morgan fingerprint density at radius 3 is 2.43 bits per heavy atom. The van der Waals surface area contributed by atoms with E-state index in [9.17, 15) is 0 Å². The van der Waals surface area contributed by atoms with Gasteiger partial charge in [-0.05, 0) is 62.4 Å². The summed E-state index contributed by atoms with van der Waals surface area (Å²) in [6.45, 7) is 4.26. The van der Waals surface area contributed by atoms with Gasteiger partial charge in [0, 0.05) is 11.3 Å². The molecule has 146 valence electrons. The number of ether oxygens (including phenoxy) is 2. The molecule has 1 heterocycles. The van der Waals surface area contributed by atoms with E-state index in [1.165, 1.54) is 0 Å². The topological polar surface area (TPSA) is 110 Å². The van der Waals surface area contributed by atoms with Crippen LogP contribution < -0.4 is 20.5 Å². The van der Waals surface area contributed by atoms with Crippen molar-refractivity contribution in [1.29, 1.82) is 0 Å². The molecule has 3 aromatic rings. The summed E-state index contributed by atoms with van der Waals surface area (Å²) in [5, 5.41) is 10.1. The number of nitrogens with zero attached hydrogens (tertiary/aromatic N) is 3. The molecule has 8 heteroatoms. The van der Waals surface area contributed by atoms with Crippen LogP contribution in [-0.4, -0.2) is 34.4 Å². The number of hydrogen-bond acceptors (Lipinski definition) is 5. The average molecular weight is 380 g/mol. The lowest BCUT2D eigenvalue weighted by Gasteiger charge is -2.10. The summed E-state index contributed by atoms with van der Waals surface area (Å²) in [5.41, 5.74) is 7.67. The number of nitrogens with one attached hydrogen (secondary N) is 2. The molecular weight excluding hydrogens is 356 g/mol. The van der Waals surface area contributed by atoms with Gasteiger partial charge in [-0.2, -0.15) is 5.10 Å². The quantitative estimate of drug-likeness (QED) is 0.429. The van der Waals surface area contributed by atoms with E-state index in [0.29, 0.717) is 17.6 Å². The first kappa shape index (κ1) is 19.2. The minimum atomic E-state index is 0.134. The lowest BCUT2D eigenvalue weighted by molar-refractivity contribution is 0.242. The summed E-state index contributed by atoms with van der Waals surface area (Å²) in [6, 6.07) is 15.1. The molecule has 8 nitrogen and oxygen atoms in total. The van der Waals surface area contributed by atoms with Crippen LogP contribution >= 0.6 is 0 Å². The number of H-pyrrole nitrogens is 1. The van der Waals surface area contributed by atoms with Gasteiger partial charge in [-0.15, -0.1) is 0 Å². The third-order valence-corrected chi connectivity index (χ3v) is 3.78. The van der Waals surface area contributed by atoms with Gasteiger partial charge in [-0.25, -0.2) is 9.98 Å². The molecule has 2 aromatic carbocycles. The molecule has 0 bridgehead atoms. The van der Waals surface area contributed by atoms with Gasteiger partial charge in [-0.3, -0.25) is 5.10 Å². The van der Waals surface area contributed by atoms with Gasteiger partial charge in [0.15, 0.2) is 11.8 Å². The molecule has 0 radical (unpaired) electrons. The Balaban J connectivity index is 1.58. The SMILES string of the molecule is COc1ccc(-c2n[nH]c(CN=C(N)Nc3ccc(OC(C)C)cc3)n2)cc1. The second-order valence-electron chi connectivity index (χ2n) is 6.35. The van der Waals surface area contributed by atoms with E-state index in [-0.39, 0.29) is 12.6 Å². The number of nitrogens with two attached hydrogens (primary N) is 1. The van der Waals surface area contributed by atoms with Crippen molar-refractivity contribution in [2.75, 3.05) is 12.4 Å². The number of aliphatic imine (C=N–C) groups is 1. The number of aromatic amines is 1. The highest BCUT2D eigenvalue weighted by atomic mass is 16.5. The van der Waals surface area contributed by atoms with Crippen molar-refractivity contribution in [1.82, 2.24) is 15.2 Å². The maximum atomic E-state index is 5.95. The van der Waals surface area contributed by atoms with Crippen molar-refractivity contribution in [3.05, 3.63) is 54.4 Å². The standard InChI is InChI=1S/C20H24N6O2/c1-13(2)28-17-10-6-15(7-11-17)23-20(21)22-12-18-24-19(26-25-18)14-4-8-16(27-3)9-5-14/h4-11,13H,12H2,1-3H3,(H3,21,22,23)(H,24,25,26). The summed E-state index contributed by atoms with van der Waals surface area (Å²) < 4.78 is 10.8. The van der Waals surface area contributed by atoms with E-state index in [1.54, 1.807) is 7.11 Å². The third-order valence-electron chi connectivity index (χ3n) is 3.78. The van der Waals surface area contributed by atoms with Crippen molar-refractivity contribution in [2.45, 2.75) is 26.5 Å². The molecule has 0 saturated heterocycles. The largest absolute Gasteiger partial charge is 0.497 e. The lowest BCUT2D eigenvalue weighted by Crippen LogP contribution is -2.22. The molecule has 0 unspecified atom stereocenters. The summed E-state index contributed by atoms with van der Waals surface area (Å²) in [7, 11) is 1.63. The number of methoxy groups -OCH3 is 1. The van der Waals surface area contributed by atoms with Crippen molar-refractivity contribution in [2.24, 2.45) is 10.7 Å². The van der Waals surface area contributed by atoms with Crippen LogP contribution in [0.1, 0.15) is 19.7 Å². The van der Waals surface area contributed by atoms with E-state index in [4.69, 9.17) is 15.2 Å². The second-order valence-corrected chi connectivity index (χ2v) is 6.35. The van der Waals surface area contributed by atoms with E-state index in [0.717, 1.165) is 22.7 Å². The average Bonchev–Trinajstić information content (AvgIpc) is 3.17. The number of anilines is 1. The summed E-state index contributed by atoms with van der Waals surface area (Å²) in [5.74, 6) is 3.10. The monoisotopic (exact) mass is 380 g/mol. The normalized spacial score (nSPS) is 11.5. The zero-order valence-corrected chi connectivity index (χ0v) is 16.1. The van der Waals surface area contributed by atoms with Gasteiger partial charge in [0.2, 0.25) is 0 Å². The smallest absolute Gasteiger partial charge is 0.193 e. The second kappa shape index (κ2) is 8.90. The fourth-order valence-corrected chi connectivity index (χ4v) is 2.47. The number of benzene rings is 2. The van der Waals surface area contributed by atoms with Crippen molar-refractivity contribution >= 4 is 11.6 Å². The molecule has 0 atom stereocenters. The molecule has 0 saturated carbocycles. The highest BCUT2D eigenvalue weighted by Gasteiger charge is 2.06. The van der Waals surface area contributed by atoms with Crippen LogP contribution in [0, 0.1) is 0 Å². The molecule has 3 rings (SSSR count). The summed E-state index contributed by atoms with van der Waals surface area (Å²) in [4.78, 5) is 8.73. The molecule has 0 fully saturated rings. The van der Waals surface area contributed by atoms with Crippen LogP contribution in [0.3, 0.4) is 0 Å². The van der Waals surface area contributed by atoms with Gasteiger partial charge >= 0.3 is 0 Å². The Labute approximate surface area is 163 Å². The van der Waals surface area contributed by atoms with Gasteiger partial charge in [0.1, 0.15) is 23.9 Å². The Morgan fingerprint density at radius 2 is 1.79 bits per heavy atom. The zero-order valence-electron chi connectivity index (χ0n) is 16.1. The van der Waals surface area contributed by atoms with E-state index >= 15 is 0 Å². The van der Waals surface area contributed by atoms with Crippen LogP contribution in [0.5, 0.6) is 11.5 Å². The first-order chi connectivity index (χ1) is 13.5. The molecule has 0 aliphatic heterocycles. The molecule has 0 amide bonds. The van der Waals surface area contributed by atoms with Crippen LogP contribution in [-0.2, 0) is 6.54 Å². The Bertz CT molecular complexity index is 917. The van der Waals surface area contributed by atoms with Crippen molar-refractivity contribution in [3.8, 4) is 22.9 Å². The maximum Gasteiger partial charge on any atom is 0.193 e. The first-order valence-electron chi connectivity index (χ1n) is 8.93. The number of guanidine groups is 1. The predicted molar refractivity (Wildman–Crippen MR) is 110 cm³/mol. The Morgan fingerprint density at radius 1 is 1.11 bits per heavy atom. The number of rotatable bonds is 7. The fraction of sp³-hybridized carbons (Fsp3) is 0.250. The maximum absolute atomic E-state index is 5.95. The van der Waals surface area contributed by atoms with Gasteiger partial charge < -0.3 is 20.5 Å². The van der Waals surface area contributed by atoms with Gasteiger partial charge in [0.25, 0.3) is 0 Å². The lowest BCUT2D eigenvalue weighted by atomic mass is 10.2. The van der Waals surface area contributed by atoms with Crippen LogP contribution in [0.2, 0.25) is 0 Å². The highest BCUT2D eigenvalue weighted by molar-refractivity contribution is 5.92. The summed E-state index contributed by atoms with van der Waals surface area (Å²) in [6.07, 6.45) is 0.134. The van der Waals surface area contributed by atoms with Crippen LogP contribution in [0.4, 0.5) is 5.69 Å². The minimum absolute atomic E-state index is 0.134. The molecule has 0 aliphatic carbocycles. The number of aromatic nitrogens is 3. The van der Waals surface area contributed by atoms with Crippen molar-refractivity contribution < 1.29 is 9.47 Å². The Hall–Kier alpha value is -3.55. The molecular formula is C20H24N6O2. The molecule has 1 aromatic heterocycles. The predicted octanol–water partition coefficient (Wildman–Crippen LogP) is 3.19. The fourth-order valence-electron chi connectivity index (χ4n) is 2.47. The molecule has 0 aliphatic rings. The zero-order chi connectivity index (χ0) is 19.9. The van der Waals surface area contributed by atoms with E-state index < -0.39 is 0 Å². The Kier molecular flexibility index (Phi) is 6.11. The van der Waals surface area contributed by atoms with Crippen LogP contribution in [0.15, 0.2) is 53.5 Å². The van der Waals surface area contributed by atoms with Gasteiger partial charge in [-0.1, -0.05) is 0 Å². The minimum Gasteiger partial charge on any atom is -0.497 e. The highest BCUT2D eigenvalue weighted by Crippen LogP contribution is 2.19. The molecule has 4 N–H and O–H groups in total. The third kappa shape index (κ3) is 5.23. The first-order valence-corrected chi connectivity index (χ1v) is 8.93. The van der Waals surface area contributed by atoms with E-state index in [1.807, 2.05) is 62.4 Å². The number of hydrogen-bond donors (Lipinski definition) is 3. The van der Waals surface area contributed by atoms with Crippen LogP contribution in [0.25, 0.3) is 11.4 Å². The summed E-state index contributed by atoms with van der Waals surface area (Å²) >= 11 is 0. The molecule has 0 spiro atoms. The van der Waals surface area contributed by atoms with E-state index in [2.05, 4.69) is 25.5 Å². The molecule has 28 heavy (non-hydrogen) atoms.